The zero-order valence-electron chi connectivity index (χ0n) is 26.2. The molecule has 4 aromatic rings. The minimum absolute atomic E-state index is 0.0187. The third-order valence-corrected chi connectivity index (χ3v) is 8.46. The lowest BCUT2D eigenvalue weighted by Gasteiger charge is -2.41. The number of rotatable bonds is 6. The van der Waals surface area contributed by atoms with Crippen molar-refractivity contribution in [2.75, 3.05) is 24.8 Å². The maximum absolute atomic E-state index is 13.5. The molecule has 2 fully saturated rings. The zero-order chi connectivity index (χ0) is 31.2. The number of carbonyl (C=O) groups excluding carboxylic acids is 2. The SMILES string of the molecule is CC(C)(C)OC(=O)N1CC(C(=O)N(OC(C)(C)C)c2ccc(Oc3csc4c3ccc3c4cnn3C3CCCCO3)cc2)C1. The van der Waals surface area contributed by atoms with E-state index in [1.807, 2.05) is 82.1 Å². The summed E-state index contributed by atoms with van der Waals surface area (Å²) in [5.74, 6) is 0.809. The lowest BCUT2D eigenvalue weighted by molar-refractivity contribution is -0.141. The number of ether oxygens (including phenoxy) is 3. The number of nitrogens with zero attached hydrogens (tertiary/aromatic N) is 4. The van der Waals surface area contributed by atoms with Crippen molar-refractivity contribution in [3.05, 3.63) is 48.0 Å². The Balaban J connectivity index is 1.17. The molecule has 0 N–H and O–H groups in total. The topological polar surface area (TPSA) is 95.4 Å². The van der Waals surface area contributed by atoms with Gasteiger partial charge in [-0.25, -0.2) is 9.48 Å². The number of fused-ring (bicyclic) bond motifs is 3. The summed E-state index contributed by atoms with van der Waals surface area (Å²) in [6, 6.07) is 11.4. The van der Waals surface area contributed by atoms with Gasteiger partial charge in [-0.15, -0.1) is 11.3 Å². The molecule has 234 valence electrons. The fourth-order valence-electron chi connectivity index (χ4n) is 5.37. The van der Waals surface area contributed by atoms with Gasteiger partial charge in [0.25, 0.3) is 5.91 Å². The van der Waals surface area contributed by atoms with E-state index in [9.17, 15) is 9.59 Å². The molecule has 0 aliphatic carbocycles. The predicted molar refractivity (Wildman–Crippen MR) is 170 cm³/mol. The van der Waals surface area contributed by atoms with Crippen molar-refractivity contribution in [1.29, 1.82) is 0 Å². The number of amides is 2. The van der Waals surface area contributed by atoms with Crippen LogP contribution in [0.1, 0.15) is 67.0 Å². The van der Waals surface area contributed by atoms with Crippen LogP contribution in [-0.4, -0.2) is 57.6 Å². The third-order valence-electron chi connectivity index (χ3n) is 7.46. The molecule has 44 heavy (non-hydrogen) atoms. The highest BCUT2D eigenvalue weighted by Gasteiger charge is 2.41. The number of hydrogen-bond donors (Lipinski definition) is 0. The van der Waals surface area contributed by atoms with Crippen LogP contribution in [0, 0.1) is 5.92 Å². The van der Waals surface area contributed by atoms with E-state index in [-0.39, 0.29) is 31.1 Å². The Kier molecular flexibility index (Phi) is 8.06. The molecule has 2 aliphatic rings. The first-order valence-electron chi connectivity index (χ1n) is 15.1. The Morgan fingerprint density at radius 2 is 1.73 bits per heavy atom. The Hall–Kier alpha value is -3.67. The van der Waals surface area contributed by atoms with Crippen molar-refractivity contribution < 1.29 is 28.6 Å². The quantitative estimate of drug-likeness (QED) is 0.204. The van der Waals surface area contributed by atoms with E-state index < -0.39 is 17.3 Å². The molecule has 0 spiro atoms. The molecular weight excluding hydrogens is 580 g/mol. The van der Waals surface area contributed by atoms with Crippen molar-refractivity contribution >= 4 is 50.0 Å². The van der Waals surface area contributed by atoms with Gasteiger partial charge in [0.1, 0.15) is 17.1 Å². The number of benzene rings is 2. The number of likely N-dealkylation sites (tertiary alicyclic amines) is 1. The van der Waals surface area contributed by atoms with Gasteiger partial charge in [-0.05, 0) is 97.2 Å². The molecule has 2 amide bonds. The summed E-state index contributed by atoms with van der Waals surface area (Å²) in [5, 5.41) is 10.1. The maximum atomic E-state index is 13.5. The van der Waals surface area contributed by atoms with Crippen LogP contribution in [0.4, 0.5) is 10.5 Å². The summed E-state index contributed by atoms with van der Waals surface area (Å²) in [4.78, 5) is 33.6. The van der Waals surface area contributed by atoms with E-state index in [0.29, 0.717) is 11.4 Å². The number of hydrogen-bond acceptors (Lipinski definition) is 8. The number of anilines is 1. The van der Waals surface area contributed by atoms with Gasteiger partial charge in [0, 0.05) is 40.5 Å². The van der Waals surface area contributed by atoms with Crippen molar-refractivity contribution in [2.24, 2.45) is 5.92 Å². The molecule has 0 saturated carbocycles. The van der Waals surface area contributed by atoms with E-state index >= 15 is 0 Å². The van der Waals surface area contributed by atoms with Crippen molar-refractivity contribution in [3.63, 3.8) is 0 Å². The van der Waals surface area contributed by atoms with E-state index in [4.69, 9.17) is 19.0 Å². The minimum Gasteiger partial charge on any atom is -0.456 e. The van der Waals surface area contributed by atoms with Crippen LogP contribution >= 0.6 is 11.3 Å². The molecule has 2 aliphatic heterocycles. The largest absolute Gasteiger partial charge is 0.456 e. The van der Waals surface area contributed by atoms with Crippen LogP contribution in [0.3, 0.4) is 0 Å². The zero-order valence-corrected chi connectivity index (χ0v) is 27.0. The summed E-state index contributed by atoms with van der Waals surface area (Å²) >= 11 is 1.63. The molecule has 11 heteroatoms. The molecule has 4 heterocycles. The van der Waals surface area contributed by atoms with Gasteiger partial charge >= 0.3 is 6.09 Å². The van der Waals surface area contributed by atoms with E-state index in [1.165, 1.54) is 9.96 Å². The molecule has 2 saturated heterocycles. The highest BCUT2D eigenvalue weighted by Crippen LogP contribution is 2.40. The highest BCUT2D eigenvalue weighted by molar-refractivity contribution is 7.18. The molecule has 6 rings (SSSR count). The van der Waals surface area contributed by atoms with Gasteiger partial charge < -0.3 is 19.1 Å². The molecule has 1 unspecified atom stereocenters. The third kappa shape index (κ3) is 6.40. The van der Waals surface area contributed by atoms with Gasteiger partial charge in [-0.2, -0.15) is 10.2 Å². The maximum Gasteiger partial charge on any atom is 0.410 e. The summed E-state index contributed by atoms with van der Waals surface area (Å²) < 4.78 is 20.8. The Morgan fingerprint density at radius 3 is 2.39 bits per heavy atom. The van der Waals surface area contributed by atoms with E-state index in [0.717, 1.165) is 52.6 Å². The van der Waals surface area contributed by atoms with E-state index in [2.05, 4.69) is 17.2 Å². The number of carbonyl (C=O) groups is 2. The highest BCUT2D eigenvalue weighted by atomic mass is 32.1. The summed E-state index contributed by atoms with van der Waals surface area (Å²) in [7, 11) is 0. The van der Waals surface area contributed by atoms with Crippen molar-refractivity contribution in [3.8, 4) is 11.5 Å². The first kappa shape index (κ1) is 30.4. The van der Waals surface area contributed by atoms with E-state index in [1.54, 1.807) is 11.3 Å². The van der Waals surface area contributed by atoms with Crippen LogP contribution in [0.2, 0.25) is 0 Å². The van der Waals surface area contributed by atoms with Crippen LogP contribution in [0.15, 0.2) is 48.0 Å². The van der Waals surface area contributed by atoms with Crippen LogP contribution < -0.4 is 9.80 Å². The van der Waals surface area contributed by atoms with Crippen LogP contribution in [-0.2, 0) is 19.1 Å². The van der Waals surface area contributed by atoms with Gasteiger partial charge in [0.05, 0.1) is 28.9 Å². The second-order valence-electron chi connectivity index (χ2n) is 13.4. The normalized spacial score (nSPS) is 18.0. The Morgan fingerprint density at radius 1 is 0.977 bits per heavy atom. The molecule has 2 aromatic carbocycles. The average Bonchev–Trinajstić information content (AvgIpc) is 3.54. The first-order chi connectivity index (χ1) is 20.9. The lowest BCUT2D eigenvalue weighted by Crippen LogP contribution is -2.58. The summed E-state index contributed by atoms with van der Waals surface area (Å²) in [5.41, 5.74) is 0.442. The smallest absolute Gasteiger partial charge is 0.410 e. The summed E-state index contributed by atoms with van der Waals surface area (Å²) in [6.45, 7) is 12.5. The monoisotopic (exact) mass is 620 g/mol. The van der Waals surface area contributed by atoms with Crippen LogP contribution in [0.5, 0.6) is 11.5 Å². The fourth-order valence-corrected chi connectivity index (χ4v) is 6.35. The Labute approximate surface area is 261 Å². The number of thiophene rings is 1. The first-order valence-corrected chi connectivity index (χ1v) is 16.0. The molecular formula is C33H40N4O6S. The van der Waals surface area contributed by atoms with Crippen molar-refractivity contribution in [1.82, 2.24) is 14.7 Å². The average molecular weight is 621 g/mol. The molecule has 1 atom stereocenters. The summed E-state index contributed by atoms with van der Waals surface area (Å²) in [6.07, 6.45) is 4.69. The van der Waals surface area contributed by atoms with Crippen LogP contribution in [0.25, 0.3) is 21.0 Å². The molecule has 0 radical (unpaired) electrons. The molecule has 2 aromatic heterocycles. The van der Waals surface area contributed by atoms with Crippen molar-refractivity contribution in [2.45, 2.75) is 78.2 Å². The lowest BCUT2D eigenvalue weighted by atomic mass is 9.99. The van der Waals surface area contributed by atoms with Gasteiger partial charge in [-0.1, -0.05) is 0 Å². The second-order valence-corrected chi connectivity index (χ2v) is 14.3. The minimum atomic E-state index is -0.614. The number of hydroxylamine groups is 1. The fraction of sp³-hybridized carbons (Fsp3) is 0.485. The Bertz CT molecular complexity index is 1650. The second kappa shape index (κ2) is 11.7. The standard InChI is InChI=1S/C33H40N4O6S/c1-32(2,3)42-31(39)35-18-21(19-35)30(38)37(43-33(4,5)6)22-10-12-23(13-11-22)41-27-20-44-29-24(27)14-15-26-25(29)17-34-36(26)28-9-7-8-16-40-28/h10-15,17,20-21,28H,7-9,16,18-19H2,1-6H3. The predicted octanol–water partition coefficient (Wildman–Crippen LogP) is 7.67. The molecule has 10 nitrogen and oxygen atoms in total. The number of aromatic nitrogens is 2. The van der Waals surface area contributed by atoms with Gasteiger partial charge in [-0.3, -0.25) is 9.63 Å². The molecule has 0 bridgehead atoms. The van der Waals surface area contributed by atoms with Gasteiger partial charge in [0.2, 0.25) is 0 Å². The van der Waals surface area contributed by atoms with Gasteiger partial charge in [0.15, 0.2) is 6.23 Å².